The fourth-order valence-electron chi connectivity index (χ4n) is 4.73. The summed E-state index contributed by atoms with van der Waals surface area (Å²) in [4.78, 5) is 22.6. The molecule has 4 aromatic rings. The first-order valence-electron chi connectivity index (χ1n) is 12.3. The molecule has 1 fully saturated rings. The van der Waals surface area contributed by atoms with Gasteiger partial charge < -0.3 is 19.5 Å². The molecule has 0 radical (unpaired) electrons. The van der Waals surface area contributed by atoms with Crippen molar-refractivity contribution in [2.45, 2.75) is 18.9 Å². The molecule has 8 nitrogen and oxygen atoms in total. The van der Waals surface area contributed by atoms with Crippen LogP contribution in [0.3, 0.4) is 0 Å². The first-order valence-corrected chi connectivity index (χ1v) is 12.3. The minimum Gasteiger partial charge on any atom is -0.494 e. The van der Waals surface area contributed by atoms with Crippen molar-refractivity contribution in [1.29, 1.82) is 0 Å². The summed E-state index contributed by atoms with van der Waals surface area (Å²) < 4.78 is 31.9. The fourth-order valence-corrected chi connectivity index (χ4v) is 4.73. The van der Waals surface area contributed by atoms with Crippen LogP contribution in [0, 0.1) is 12.4 Å². The molecule has 1 unspecified atom stereocenters. The number of hydrogen-bond acceptors (Lipinski definition) is 6. The van der Waals surface area contributed by atoms with Gasteiger partial charge in [-0.1, -0.05) is 12.1 Å². The van der Waals surface area contributed by atoms with Gasteiger partial charge in [0.25, 0.3) is 5.56 Å². The highest BCUT2D eigenvalue weighted by Crippen LogP contribution is 2.34. The Bertz CT molecular complexity index is 1570. The molecule has 0 aliphatic carbocycles. The Morgan fingerprint density at radius 3 is 2.61 bits per heavy atom. The zero-order valence-corrected chi connectivity index (χ0v) is 21.2. The van der Waals surface area contributed by atoms with E-state index < -0.39 is 5.82 Å². The van der Waals surface area contributed by atoms with Crippen molar-refractivity contribution in [3.63, 3.8) is 0 Å². The van der Waals surface area contributed by atoms with Gasteiger partial charge in [-0.05, 0) is 66.9 Å². The van der Waals surface area contributed by atoms with E-state index in [4.69, 9.17) is 25.8 Å². The topological polar surface area (TPSA) is 79.0 Å². The number of rotatable bonds is 8. The van der Waals surface area contributed by atoms with Crippen LogP contribution < -0.4 is 20.3 Å². The number of halogens is 1. The van der Waals surface area contributed by atoms with Crippen LogP contribution in [0.25, 0.3) is 32.6 Å². The molecule has 2 heterocycles. The zero-order chi connectivity index (χ0) is 26.6. The molecule has 1 N–H and O–H groups in total. The second-order valence-electron chi connectivity index (χ2n) is 8.95. The van der Waals surface area contributed by atoms with E-state index in [1.165, 1.54) is 23.8 Å². The molecular weight excluding hydrogens is 487 g/mol. The van der Waals surface area contributed by atoms with Crippen LogP contribution in [0.4, 0.5) is 10.1 Å². The summed E-state index contributed by atoms with van der Waals surface area (Å²) in [6.07, 6.45) is 1.73. The summed E-state index contributed by atoms with van der Waals surface area (Å²) in [5, 5.41) is 3.69. The molecule has 1 atom stereocenters. The monoisotopic (exact) mass is 514 g/mol. The van der Waals surface area contributed by atoms with Crippen LogP contribution in [0.2, 0.25) is 0 Å². The Morgan fingerprint density at radius 1 is 1.13 bits per heavy atom. The molecule has 0 saturated carbocycles. The maximum absolute atomic E-state index is 14.7. The van der Waals surface area contributed by atoms with Crippen LogP contribution in [-0.4, -0.2) is 43.5 Å². The third-order valence-electron chi connectivity index (χ3n) is 6.60. The SMILES string of the molecule is [C-]#[N+]c1cc(-c2ccc(OCCOC)cc2)c2nc(C3CCCN3)n(-c3ccc(OC)c(F)c3)c(=O)c2c1. The van der Waals surface area contributed by atoms with Gasteiger partial charge in [0.1, 0.15) is 18.2 Å². The minimum absolute atomic E-state index is 0.0864. The third kappa shape index (κ3) is 4.84. The number of methoxy groups -OCH3 is 2. The molecule has 0 spiro atoms. The molecule has 0 amide bonds. The van der Waals surface area contributed by atoms with Crippen molar-refractivity contribution < 1.29 is 18.6 Å². The van der Waals surface area contributed by atoms with Crippen LogP contribution in [0.5, 0.6) is 11.5 Å². The van der Waals surface area contributed by atoms with Gasteiger partial charge >= 0.3 is 0 Å². The molecule has 38 heavy (non-hydrogen) atoms. The summed E-state index contributed by atoms with van der Waals surface area (Å²) >= 11 is 0. The van der Waals surface area contributed by atoms with Crippen molar-refractivity contribution in [2.75, 3.05) is 34.0 Å². The van der Waals surface area contributed by atoms with Crippen molar-refractivity contribution in [3.05, 3.63) is 88.0 Å². The maximum Gasteiger partial charge on any atom is 0.264 e. The fraction of sp³-hybridized carbons (Fsp3) is 0.276. The molecule has 1 aliphatic heterocycles. The molecule has 9 heteroatoms. The van der Waals surface area contributed by atoms with Gasteiger partial charge in [-0.2, -0.15) is 0 Å². The van der Waals surface area contributed by atoms with E-state index in [2.05, 4.69) is 10.2 Å². The standard InChI is InChI=1S/C29H27FN4O4/c1-31-19-15-22(18-6-9-21(10-7-18)38-14-13-36-2)27-23(16-19)29(35)34(28(33-27)25-5-4-12-32-25)20-8-11-26(37-3)24(30)17-20/h6-11,15-17,25,32H,4-5,12-14H2,2-3H3. The van der Waals surface area contributed by atoms with Gasteiger partial charge in [-0.3, -0.25) is 9.36 Å². The second kappa shape index (κ2) is 11.0. The molecular formula is C29H27FN4O4. The van der Waals surface area contributed by atoms with Gasteiger partial charge in [0.05, 0.1) is 42.9 Å². The lowest BCUT2D eigenvalue weighted by atomic mass is 10.0. The van der Waals surface area contributed by atoms with Gasteiger partial charge in [0.15, 0.2) is 17.3 Å². The summed E-state index contributed by atoms with van der Waals surface area (Å²) in [6.45, 7) is 9.34. The molecule has 5 rings (SSSR count). The highest BCUT2D eigenvalue weighted by Gasteiger charge is 2.25. The molecule has 1 aliphatic rings. The van der Waals surface area contributed by atoms with E-state index >= 15 is 0 Å². The van der Waals surface area contributed by atoms with E-state index in [0.717, 1.165) is 24.9 Å². The molecule has 1 saturated heterocycles. The van der Waals surface area contributed by atoms with E-state index in [0.29, 0.717) is 47.2 Å². The highest BCUT2D eigenvalue weighted by atomic mass is 19.1. The quantitative estimate of drug-likeness (QED) is 0.257. The zero-order valence-electron chi connectivity index (χ0n) is 21.2. The van der Waals surface area contributed by atoms with E-state index in [-0.39, 0.29) is 22.7 Å². The Labute approximate surface area is 219 Å². The number of nitrogens with zero attached hydrogens (tertiary/aromatic N) is 3. The van der Waals surface area contributed by atoms with Crippen molar-refractivity contribution >= 4 is 16.6 Å². The van der Waals surface area contributed by atoms with Crippen LogP contribution >= 0.6 is 0 Å². The molecule has 3 aromatic carbocycles. The van der Waals surface area contributed by atoms with Gasteiger partial charge in [0, 0.05) is 13.2 Å². The number of ether oxygens (including phenoxy) is 3. The lowest BCUT2D eigenvalue weighted by molar-refractivity contribution is 0.146. The van der Waals surface area contributed by atoms with Gasteiger partial charge in [-0.25, -0.2) is 14.2 Å². The Morgan fingerprint density at radius 2 is 1.95 bits per heavy atom. The first-order chi connectivity index (χ1) is 18.5. The Hall–Kier alpha value is -4.26. The Kier molecular flexibility index (Phi) is 7.36. The smallest absolute Gasteiger partial charge is 0.264 e. The lowest BCUT2D eigenvalue weighted by Gasteiger charge is -2.20. The second-order valence-corrected chi connectivity index (χ2v) is 8.95. The normalized spacial score (nSPS) is 14.9. The highest BCUT2D eigenvalue weighted by molar-refractivity contribution is 5.96. The third-order valence-corrected chi connectivity index (χ3v) is 6.60. The summed E-state index contributed by atoms with van der Waals surface area (Å²) in [5.41, 5.74) is 2.25. The van der Waals surface area contributed by atoms with Crippen molar-refractivity contribution in [3.8, 4) is 28.3 Å². The minimum atomic E-state index is -0.578. The van der Waals surface area contributed by atoms with Crippen LogP contribution in [-0.2, 0) is 4.74 Å². The average molecular weight is 515 g/mol. The average Bonchev–Trinajstić information content (AvgIpc) is 3.48. The first kappa shape index (κ1) is 25.4. The largest absolute Gasteiger partial charge is 0.494 e. The number of hydrogen-bond donors (Lipinski definition) is 1. The Balaban J connectivity index is 1.72. The maximum atomic E-state index is 14.7. The van der Waals surface area contributed by atoms with E-state index in [1.54, 1.807) is 25.3 Å². The predicted octanol–water partition coefficient (Wildman–Crippen LogP) is 5.20. The molecule has 1 aromatic heterocycles. The number of aromatic nitrogens is 2. The predicted molar refractivity (Wildman–Crippen MR) is 143 cm³/mol. The number of fused-ring (bicyclic) bond motifs is 1. The van der Waals surface area contributed by atoms with Gasteiger partial charge in [0.2, 0.25) is 0 Å². The van der Waals surface area contributed by atoms with Crippen LogP contribution in [0.15, 0.2) is 59.4 Å². The number of nitrogens with one attached hydrogen (secondary N) is 1. The summed E-state index contributed by atoms with van der Waals surface area (Å²) in [5.74, 6) is 0.694. The van der Waals surface area contributed by atoms with Crippen LogP contribution in [0.1, 0.15) is 24.7 Å². The number of benzene rings is 3. The molecule has 194 valence electrons. The van der Waals surface area contributed by atoms with Gasteiger partial charge in [-0.15, -0.1) is 0 Å². The lowest BCUT2D eigenvalue weighted by Crippen LogP contribution is -2.29. The van der Waals surface area contributed by atoms with Crippen molar-refractivity contribution in [1.82, 2.24) is 14.9 Å². The van der Waals surface area contributed by atoms with E-state index in [1.807, 2.05) is 24.3 Å². The summed E-state index contributed by atoms with van der Waals surface area (Å²) in [7, 11) is 3.00. The van der Waals surface area contributed by atoms with E-state index in [9.17, 15) is 9.18 Å². The van der Waals surface area contributed by atoms with Crippen molar-refractivity contribution in [2.24, 2.45) is 0 Å². The molecule has 0 bridgehead atoms. The summed E-state index contributed by atoms with van der Waals surface area (Å²) in [6, 6.07) is 14.9.